The maximum atomic E-state index is 12.4. The zero-order chi connectivity index (χ0) is 19.1. The Morgan fingerprint density at radius 3 is 2.59 bits per heavy atom. The van der Waals surface area contributed by atoms with E-state index in [1.54, 1.807) is 6.07 Å². The first-order valence-corrected chi connectivity index (χ1v) is 9.99. The SMILES string of the molecule is O=C(NCCO)c1sc(-c2ccccc2)cc1OCC(=O)N1CCCCC1. The predicted molar refractivity (Wildman–Crippen MR) is 105 cm³/mol. The zero-order valence-electron chi connectivity index (χ0n) is 15.1. The molecule has 0 atom stereocenters. The Balaban J connectivity index is 1.75. The fourth-order valence-corrected chi connectivity index (χ4v) is 4.03. The van der Waals surface area contributed by atoms with Gasteiger partial charge in [0.05, 0.1) is 6.61 Å². The van der Waals surface area contributed by atoms with Crippen molar-refractivity contribution < 1.29 is 19.4 Å². The number of likely N-dealkylation sites (tertiary alicyclic amines) is 1. The molecule has 0 bridgehead atoms. The summed E-state index contributed by atoms with van der Waals surface area (Å²) >= 11 is 1.31. The highest BCUT2D eigenvalue weighted by molar-refractivity contribution is 7.17. The minimum atomic E-state index is -0.309. The molecule has 6 nitrogen and oxygen atoms in total. The first-order valence-electron chi connectivity index (χ1n) is 9.18. The molecule has 144 valence electrons. The molecule has 2 heterocycles. The van der Waals surface area contributed by atoms with E-state index in [9.17, 15) is 9.59 Å². The Hall–Kier alpha value is -2.38. The van der Waals surface area contributed by atoms with Gasteiger partial charge in [0.25, 0.3) is 11.8 Å². The summed E-state index contributed by atoms with van der Waals surface area (Å²) in [4.78, 5) is 27.9. The predicted octanol–water partition coefficient (Wildman–Crippen LogP) is 2.53. The van der Waals surface area contributed by atoms with Crippen LogP contribution in [-0.2, 0) is 4.79 Å². The van der Waals surface area contributed by atoms with Crippen LogP contribution in [-0.4, -0.2) is 54.7 Å². The van der Waals surface area contributed by atoms with E-state index in [4.69, 9.17) is 9.84 Å². The number of hydrogen-bond acceptors (Lipinski definition) is 5. The van der Waals surface area contributed by atoms with Crippen molar-refractivity contribution >= 4 is 23.2 Å². The first kappa shape index (κ1) is 19.4. The van der Waals surface area contributed by atoms with E-state index < -0.39 is 0 Å². The lowest BCUT2D eigenvalue weighted by Crippen LogP contribution is -2.38. The van der Waals surface area contributed by atoms with Crippen molar-refractivity contribution in [3.63, 3.8) is 0 Å². The highest BCUT2D eigenvalue weighted by atomic mass is 32.1. The summed E-state index contributed by atoms with van der Waals surface area (Å²) in [6, 6.07) is 11.5. The maximum Gasteiger partial charge on any atom is 0.265 e. The van der Waals surface area contributed by atoms with Gasteiger partial charge in [-0.25, -0.2) is 0 Å². The summed E-state index contributed by atoms with van der Waals surface area (Å²) in [6.07, 6.45) is 3.21. The second kappa shape index (κ2) is 9.53. The van der Waals surface area contributed by atoms with Crippen LogP contribution in [0.15, 0.2) is 36.4 Å². The number of nitrogens with one attached hydrogen (secondary N) is 1. The third-order valence-electron chi connectivity index (χ3n) is 4.42. The molecule has 2 amide bonds. The van der Waals surface area contributed by atoms with Gasteiger partial charge in [0.1, 0.15) is 10.6 Å². The van der Waals surface area contributed by atoms with E-state index in [1.807, 2.05) is 35.2 Å². The largest absolute Gasteiger partial charge is 0.482 e. The normalized spacial score (nSPS) is 14.0. The number of piperidine rings is 1. The van der Waals surface area contributed by atoms with Crippen LogP contribution in [0.5, 0.6) is 5.75 Å². The number of aliphatic hydroxyl groups excluding tert-OH is 1. The third kappa shape index (κ3) is 5.08. The van der Waals surface area contributed by atoms with Gasteiger partial charge in [0.15, 0.2) is 6.61 Å². The number of thiophene rings is 1. The lowest BCUT2D eigenvalue weighted by Gasteiger charge is -2.26. The number of nitrogens with zero attached hydrogens (tertiary/aromatic N) is 1. The molecule has 1 aromatic heterocycles. The molecule has 1 aliphatic heterocycles. The quantitative estimate of drug-likeness (QED) is 0.764. The van der Waals surface area contributed by atoms with Crippen LogP contribution in [0, 0.1) is 0 Å². The molecule has 1 aromatic carbocycles. The average Bonchev–Trinajstić information content (AvgIpc) is 3.16. The van der Waals surface area contributed by atoms with Crippen LogP contribution in [0.4, 0.5) is 0 Å². The molecule has 1 saturated heterocycles. The fraction of sp³-hybridized carbons (Fsp3) is 0.400. The van der Waals surface area contributed by atoms with Crippen molar-refractivity contribution in [1.29, 1.82) is 0 Å². The van der Waals surface area contributed by atoms with Gasteiger partial charge in [0, 0.05) is 24.5 Å². The summed E-state index contributed by atoms with van der Waals surface area (Å²) in [7, 11) is 0. The third-order valence-corrected chi connectivity index (χ3v) is 5.58. The molecule has 0 aliphatic carbocycles. The molecule has 2 aromatic rings. The molecule has 1 aliphatic rings. The number of benzene rings is 1. The molecule has 27 heavy (non-hydrogen) atoms. The average molecular weight is 388 g/mol. The van der Waals surface area contributed by atoms with Crippen molar-refractivity contribution in [3.8, 4) is 16.2 Å². The molecular formula is C20H24N2O4S. The molecule has 7 heteroatoms. The molecule has 3 rings (SSSR count). The molecule has 0 saturated carbocycles. The van der Waals surface area contributed by atoms with Gasteiger partial charge in [-0.1, -0.05) is 30.3 Å². The van der Waals surface area contributed by atoms with E-state index in [1.165, 1.54) is 11.3 Å². The number of aliphatic hydroxyl groups is 1. The molecule has 2 N–H and O–H groups in total. The Kier molecular flexibility index (Phi) is 6.84. The van der Waals surface area contributed by atoms with E-state index >= 15 is 0 Å². The minimum Gasteiger partial charge on any atom is -0.482 e. The lowest BCUT2D eigenvalue weighted by atomic mass is 10.1. The first-order chi connectivity index (χ1) is 13.2. The van der Waals surface area contributed by atoms with Gasteiger partial charge in [-0.05, 0) is 30.9 Å². The van der Waals surface area contributed by atoms with Gasteiger partial charge in [0.2, 0.25) is 0 Å². The van der Waals surface area contributed by atoms with Gasteiger partial charge >= 0.3 is 0 Å². The summed E-state index contributed by atoms with van der Waals surface area (Å²) < 4.78 is 5.75. The standard InChI is InChI=1S/C20H24N2O4S/c23-12-9-21-20(25)19-16(13-17(27-19)15-7-3-1-4-8-15)26-14-18(24)22-10-5-2-6-11-22/h1,3-4,7-8,13,23H,2,5-6,9-12,14H2,(H,21,25). The highest BCUT2D eigenvalue weighted by Gasteiger charge is 2.21. The Morgan fingerprint density at radius 1 is 1.15 bits per heavy atom. The van der Waals surface area contributed by atoms with Gasteiger partial charge in [-0.3, -0.25) is 9.59 Å². The lowest BCUT2D eigenvalue weighted by molar-refractivity contribution is -0.134. The summed E-state index contributed by atoms with van der Waals surface area (Å²) in [6.45, 7) is 1.50. The Bertz CT molecular complexity index is 770. The monoisotopic (exact) mass is 388 g/mol. The maximum absolute atomic E-state index is 12.4. The number of rotatable bonds is 7. The summed E-state index contributed by atoms with van der Waals surface area (Å²) in [5.41, 5.74) is 0.982. The van der Waals surface area contributed by atoms with E-state index in [0.29, 0.717) is 10.6 Å². The molecule has 0 spiro atoms. The number of hydrogen-bond donors (Lipinski definition) is 2. The second-order valence-electron chi connectivity index (χ2n) is 6.38. The van der Waals surface area contributed by atoms with E-state index in [0.717, 1.165) is 42.8 Å². The minimum absolute atomic E-state index is 0.0520. The summed E-state index contributed by atoms with van der Waals surface area (Å²) in [5, 5.41) is 11.6. The second-order valence-corrected chi connectivity index (χ2v) is 7.43. The molecule has 1 fully saturated rings. The van der Waals surface area contributed by atoms with Crippen LogP contribution in [0.3, 0.4) is 0 Å². The van der Waals surface area contributed by atoms with Crippen molar-refractivity contribution in [3.05, 3.63) is 41.3 Å². The van der Waals surface area contributed by atoms with Crippen LogP contribution < -0.4 is 10.1 Å². The molecular weight excluding hydrogens is 364 g/mol. The van der Waals surface area contributed by atoms with Gasteiger partial charge < -0.3 is 20.1 Å². The topological polar surface area (TPSA) is 78.9 Å². The van der Waals surface area contributed by atoms with E-state index in [2.05, 4.69) is 5.32 Å². The Labute approximate surface area is 162 Å². The zero-order valence-corrected chi connectivity index (χ0v) is 16.0. The number of carbonyl (C=O) groups excluding carboxylic acids is 2. The van der Waals surface area contributed by atoms with E-state index in [-0.39, 0.29) is 31.6 Å². The Morgan fingerprint density at radius 2 is 1.89 bits per heavy atom. The van der Waals surface area contributed by atoms with Crippen molar-refractivity contribution in [2.24, 2.45) is 0 Å². The van der Waals surface area contributed by atoms with Crippen molar-refractivity contribution in [2.45, 2.75) is 19.3 Å². The highest BCUT2D eigenvalue weighted by Crippen LogP contribution is 2.36. The van der Waals surface area contributed by atoms with Gasteiger partial charge in [-0.2, -0.15) is 0 Å². The van der Waals surface area contributed by atoms with Crippen molar-refractivity contribution in [2.75, 3.05) is 32.8 Å². The van der Waals surface area contributed by atoms with Crippen LogP contribution >= 0.6 is 11.3 Å². The van der Waals surface area contributed by atoms with Crippen molar-refractivity contribution in [1.82, 2.24) is 10.2 Å². The van der Waals surface area contributed by atoms with Gasteiger partial charge in [-0.15, -0.1) is 11.3 Å². The number of amides is 2. The van der Waals surface area contributed by atoms with Crippen LogP contribution in [0.1, 0.15) is 28.9 Å². The number of ether oxygens (including phenoxy) is 1. The van der Waals surface area contributed by atoms with Crippen LogP contribution in [0.25, 0.3) is 10.4 Å². The fourth-order valence-electron chi connectivity index (χ4n) is 3.01. The van der Waals surface area contributed by atoms with Crippen LogP contribution in [0.2, 0.25) is 0 Å². The summed E-state index contributed by atoms with van der Waals surface area (Å²) in [5.74, 6) is 0.0418. The molecule has 0 radical (unpaired) electrons. The smallest absolute Gasteiger partial charge is 0.265 e. The molecule has 0 unspecified atom stereocenters. The number of carbonyl (C=O) groups is 2.